The molecule has 1 heterocycles. The van der Waals surface area contributed by atoms with E-state index in [1.54, 1.807) is 12.1 Å². The molecule has 1 N–H and O–H groups in total. The van der Waals surface area contributed by atoms with E-state index >= 15 is 0 Å². The summed E-state index contributed by atoms with van der Waals surface area (Å²) in [5, 5.41) is 3.48. The quantitative estimate of drug-likeness (QED) is 0.555. The molecule has 148 valence electrons. The SMILES string of the molecule is CCOc1cc(COC[C@@H](F)CCCCC2CCCCNC2)ccc1F. The molecule has 3 nitrogen and oxygen atoms in total. The largest absolute Gasteiger partial charge is 0.491 e. The third-order valence-electron chi connectivity index (χ3n) is 4.89. The number of hydrogen-bond acceptors (Lipinski definition) is 3. The zero-order chi connectivity index (χ0) is 18.6. The fourth-order valence-electron chi connectivity index (χ4n) is 3.43. The first-order valence-electron chi connectivity index (χ1n) is 10.0. The second-order valence-corrected chi connectivity index (χ2v) is 7.16. The van der Waals surface area contributed by atoms with Gasteiger partial charge < -0.3 is 14.8 Å². The summed E-state index contributed by atoms with van der Waals surface area (Å²) in [5.41, 5.74) is 0.794. The first kappa shape index (κ1) is 21.1. The first-order chi connectivity index (χ1) is 12.7. The van der Waals surface area contributed by atoms with Gasteiger partial charge in [-0.2, -0.15) is 0 Å². The molecule has 0 radical (unpaired) electrons. The normalized spacial score (nSPS) is 19.1. The van der Waals surface area contributed by atoms with Crippen LogP contribution in [0.25, 0.3) is 0 Å². The molecule has 1 aromatic rings. The van der Waals surface area contributed by atoms with E-state index in [2.05, 4.69) is 5.32 Å². The predicted molar refractivity (Wildman–Crippen MR) is 101 cm³/mol. The van der Waals surface area contributed by atoms with Crippen molar-refractivity contribution in [1.29, 1.82) is 0 Å². The zero-order valence-corrected chi connectivity index (χ0v) is 15.9. The number of rotatable bonds is 11. The summed E-state index contributed by atoms with van der Waals surface area (Å²) in [6, 6.07) is 4.62. The lowest BCUT2D eigenvalue weighted by atomic mass is 9.96. The average molecular weight is 369 g/mol. The molecule has 0 aromatic heterocycles. The van der Waals surface area contributed by atoms with E-state index < -0.39 is 6.17 Å². The van der Waals surface area contributed by atoms with Crippen LogP contribution in [0.3, 0.4) is 0 Å². The van der Waals surface area contributed by atoms with Crippen LogP contribution in [-0.2, 0) is 11.3 Å². The lowest BCUT2D eigenvalue weighted by Crippen LogP contribution is -2.20. The van der Waals surface area contributed by atoms with Crippen molar-refractivity contribution in [3.8, 4) is 5.75 Å². The standard InChI is InChI=1S/C21H33F2NO2/c1-2-26-21-13-18(10-11-20(21)23)15-25-16-19(22)9-4-3-7-17-8-5-6-12-24-14-17/h10-11,13,17,19,24H,2-9,12,14-16H2,1H3/t17?,19-/m0/s1. The molecule has 1 saturated heterocycles. The van der Waals surface area contributed by atoms with Gasteiger partial charge in [-0.1, -0.05) is 25.3 Å². The molecule has 1 unspecified atom stereocenters. The predicted octanol–water partition coefficient (Wildman–Crippen LogP) is 5.03. The minimum atomic E-state index is -0.936. The van der Waals surface area contributed by atoms with E-state index in [1.165, 1.54) is 31.7 Å². The Morgan fingerprint density at radius 1 is 1.27 bits per heavy atom. The number of alkyl halides is 1. The van der Waals surface area contributed by atoms with Crippen molar-refractivity contribution in [2.45, 2.75) is 64.6 Å². The fraction of sp³-hybridized carbons (Fsp3) is 0.714. The highest BCUT2D eigenvalue weighted by atomic mass is 19.1. The molecule has 0 spiro atoms. The van der Waals surface area contributed by atoms with Crippen molar-refractivity contribution >= 4 is 0 Å². The molecule has 0 aliphatic carbocycles. The Bertz CT molecular complexity index is 505. The summed E-state index contributed by atoms with van der Waals surface area (Å²) >= 11 is 0. The number of nitrogens with one attached hydrogen (secondary N) is 1. The van der Waals surface area contributed by atoms with Crippen LogP contribution in [0, 0.1) is 11.7 Å². The van der Waals surface area contributed by atoms with Gasteiger partial charge in [0.05, 0.1) is 19.8 Å². The van der Waals surface area contributed by atoms with Gasteiger partial charge in [0.1, 0.15) is 6.17 Å². The van der Waals surface area contributed by atoms with Crippen LogP contribution in [0.4, 0.5) is 8.78 Å². The number of unbranched alkanes of at least 4 members (excludes halogenated alkanes) is 1. The summed E-state index contributed by atoms with van der Waals surface area (Å²) in [6.07, 6.45) is 6.69. The summed E-state index contributed by atoms with van der Waals surface area (Å²) in [7, 11) is 0. The topological polar surface area (TPSA) is 30.5 Å². The Hall–Kier alpha value is -1.20. The van der Waals surface area contributed by atoms with Crippen molar-refractivity contribution in [2.75, 3.05) is 26.3 Å². The van der Waals surface area contributed by atoms with Crippen molar-refractivity contribution in [1.82, 2.24) is 5.32 Å². The molecular weight excluding hydrogens is 336 g/mol. The van der Waals surface area contributed by atoms with Crippen LogP contribution >= 0.6 is 0 Å². The van der Waals surface area contributed by atoms with Gasteiger partial charge in [0.25, 0.3) is 0 Å². The van der Waals surface area contributed by atoms with E-state index in [-0.39, 0.29) is 24.8 Å². The third kappa shape index (κ3) is 8.00. The maximum atomic E-state index is 14.0. The molecule has 0 amide bonds. The maximum absolute atomic E-state index is 14.0. The Morgan fingerprint density at radius 3 is 3.00 bits per heavy atom. The van der Waals surface area contributed by atoms with E-state index in [0.29, 0.717) is 13.0 Å². The molecule has 1 aromatic carbocycles. The molecule has 1 aliphatic rings. The minimum Gasteiger partial charge on any atom is -0.491 e. The lowest BCUT2D eigenvalue weighted by molar-refractivity contribution is 0.0651. The number of halogens is 2. The van der Waals surface area contributed by atoms with Crippen molar-refractivity contribution in [2.24, 2.45) is 5.92 Å². The molecular formula is C21H33F2NO2. The van der Waals surface area contributed by atoms with Gasteiger partial charge in [-0.05, 0) is 69.3 Å². The van der Waals surface area contributed by atoms with Crippen molar-refractivity contribution in [3.05, 3.63) is 29.6 Å². The molecule has 2 atom stereocenters. The minimum absolute atomic E-state index is 0.0896. The van der Waals surface area contributed by atoms with Crippen LogP contribution in [0.5, 0.6) is 5.75 Å². The van der Waals surface area contributed by atoms with Gasteiger partial charge in [-0.3, -0.25) is 0 Å². The van der Waals surface area contributed by atoms with Crippen molar-refractivity contribution < 1.29 is 18.3 Å². The van der Waals surface area contributed by atoms with Crippen LogP contribution < -0.4 is 10.1 Å². The Kier molecular flexibility index (Phi) is 9.93. The van der Waals surface area contributed by atoms with Crippen LogP contribution in [-0.4, -0.2) is 32.5 Å². The summed E-state index contributed by atoms with van der Waals surface area (Å²) in [4.78, 5) is 0. The highest BCUT2D eigenvalue weighted by Crippen LogP contribution is 2.21. The highest BCUT2D eigenvalue weighted by molar-refractivity contribution is 5.29. The van der Waals surface area contributed by atoms with E-state index in [0.717, 1.165) is 37.4 Å². The number of benzene rings is 1. The zero-order valence-electron chi connectivity index (χ0n) is 15.9. The van der Waals surface area contributed by atoms with Gasteiger partial charge in [0.2, 0.25) is 0 Å². The maximum Gasteiger partial charge on any atom is 0.165 e. The molecule has 0 saturated carbocycles. The second kappa shape index (κ2) is 12.2. The first-order valence-corrected chi connectivity index (χ1v) is 10.0. The molecule has 1 fully saturated rings. The molecule has 1 aliphatic heterocycles. The lowest BCUT2D eigenvalue weighted by Gasteiger charge is -2.14. The van der Waals surface area contributed by atoms with Crippen LogP contribution in [0.15, 0.2) is 18.2 Å². The molecule has 5 heteroatoms. The fourth-order valence-corrected chi connectivity index (χ4v) is 3.43. The molecule has 0 bridgehead atoms. The van der Waals surface area contributed by atoms with Gasteiger partial charge in [-0.25, -0.2) is 8.78 Å². The highest BCUT2D eigenvalue weighted by Gasteiger charge is 2.13. The Morgan fingerprint density at radius 2 is 2.15 bits per heavy atom. The van der Waals surface area contributed by atoms with E-state index in [9.17, 15) is 8.78 Å². The monoisotopic (exact) mass is 369 g/mol. The number of hydrogen-bond donors (Lipinski definition) is 1. The van der Waals surface area contributed by atoms with E-state index in [4.69, 9.17) is 9.47 Å². The third-order valence-corrected chi connectivity index (χ3v) is 4.89. The number of ether oxygens (including phenoxy) is 2. The summed E-state index contributed by atoms with van der Waals surface area (Å²) < 4.78 is 38.2. The smallest absolute Gasteiger partial charge is 0.165 e. The summed E-state index contributed by atoms with van der Waals surface area (Å²) in [5.74, 6) is 0.589. The second-order valence-electron chi connectivity index (χ2n) is 7.16. The Labute approximate surface area is 156 Å². The van der Waals surface area contributed by atoms with E-state index in [1.807, 2.05) is 6.92 Å². The van der Waals surface area contributed by atoms with Crippen LogP contribution in [0.1, 0.15) is 57.4 Å². The van der Waals surface area contributed by atoms with Gasteiger partial charge >= 0.3 is 0 Å². The van der Waals surface area contributed by atoms with Gasteiger partial charge in [0.15, 0.2) is 11.6 Å². The van der Waals surface area contributed by atoms with Crippen LogP contribution in [0.2, 0.25) is 0 Å². The average Bonchev–Trinajstić information content (AvgIpc) is 2.90. The molecule has 2 rings (SSSR count). The van der Waals surface area contributed by atoms with Gasteiger partial charge in [0, 0.05) is 0 Å². The summed E-state index contributed by atoms with van der Waals surface area (Å²) in [6.45, 7) is 4.83. The molecule has 26 heavy (non-hydrogen) atoms. The van der Waals surface area contributed by atoms with Crippen molar-refractivity contribution in [3.63, 3.8) is 0 Å². The Balaban J connectivity index is 1.57. The van der Waals surface area contributed by atoms with Gasteiger partial charge in [-0.15, -0.1) is 0 Å².